The first kappa shape index (κ1) is 14.0. The number of nitrogens with one attached hydrogen (secondary N) is 1. The molecule has 104 valence electrons. The van der Waals surface area contributed by atoms with Gasteiger partial charge >= 0.3 is 0 Å². The largest absolute Gasteiger partial charge is 0.378 e. The van der Waals surface area contributed by atoms with Crippen LogP contribution in [0, 0.1) is 5.82 Å². The second-order valence-corrected chi connectivity index (χ2v) is 4.56. The lowest BCUT2D eigenvalue weighted by atomic mass is 10.1. The number of ether oxygens (including phenoxy) is 1. The number of halogens is 1. The highest BCUT2D eigenvalue weighted by Crippen LogP contribution is 2.09. The summed E-state index contributed by atoms with van der Waals surface area (Å²) in [6.07, 6.45) is 0. The van der Waals surface area contributed by atoms with Crippen LogP contribution in [-0.2, 0) is 16.1 Å². The van der Waals surface area contributed by atoms with Crippen LogP contribution in [-0.4, -0.2) is 43.2 Å². The molecule has 4 nitrogen and oxygen atoms in total. The zero-order valence-corrected chi connectivity index (χ0v) is 11.1. The Hall–Kier alpha value is -1.46. The lowest BCUT2D eigenvalue weighted by Crippen LogP contribution is -2.52. The van der Waals surface area contributed by atoms with Crippen LogP contribution in [0.15, 0.2) is 24.3 Å². The van der Waals surface area contributed by atoms with Gasteiger partial charge in [0.15, 0.2) is 0 Å². The number of carbonyl (C=O) groups excluding carboxylic acids is 1. The second-order valence-electron chi connectivity index (χ2n) is 4.56. The van der Waals surface area contributed by atoms with Crippen molar-refractivity contribution in [2.75, 3.05) is 26.3 Å². The molecule has 0 bridgehead atoms. The van der Waals surface area contributed by atoms with Crippen LogP contribution >= 0.6 is 0 Å². The number of morpholine rings is 1. The van der Waals surface area contributed by atoms with Crippen LogP contribution in [0.4, 0.5) is 4.39 Å². The van der Waals surface area contributed by atoms with E-state index in [1.807, 2.05) is 13.0 Å². The first-order valence-corrected chi connectivity index (χ1v) is 6.55. The summed E-state index contributed by atoms with van der Waals surface area (Å²) in [4.78, 5) is 14.0. The first-order chi connectivity index (χ1) is 9.20. The average molecular weight is 266 g/mol. The molecule has 0 saturated carbocycles. The Bertz CT molecular complexity index is 433. The van der Waals surface area contributed by atoms with Gasteiger partial charge in [0.1, 0.15) is 11.9 Å². The Labute approximate surface area is 112 Å². The van der Waals surface area contributed by atoms with E-state index in [9.17, 15) is 9.18 Å². The highest BCUT2D eigenvalue weighted by atomic mass is 19.1. The smallest absolute Gasteiger partial charge is 0.242 e. The topological polar surface area (TPSA) is 41.6 Å². The normalized spacial score (nSPS) is 19.2. The highest BCUT2D eigenvalue weighted by molar-refractivity contribution is 5.82. The summed E-state index contributed by atoms with van der Waals surface area (Å²) in [6.45, 7) is 4.66. The molecule has 0 spiro atoms. The van der Waals surface area contributed by atoms with Crippen molar-refractivity contribution in [1.82, 2.24) is 10.2 Å². The molecular weight excluding hydrogens is 247 g/mol. The predicted molar refractivity (Wildman–Crippen MR) is 70.1 cm³/mol. The van der Waals surface area contributed by atoms with Gasteiger partial charge in [0, 0.05) is 19.6 Å². The Morgan fingerprint density at radius 3 is 3.05 bits per heavy atom. The second kappa shape index (κ2) is 6.63. The fraction of sp³-hybridized carbons (Fsp3) is 0.500. The Morgan fingerprint density at radius 2 is 2.42 bits per heavy atom. The van der Waals surface area contributed by atoms with Crippen LogP contribution in [0.2, 0.25) is 0 Å². The molecule has 1 aliphatic heterocycles. The minimum absolute atomic E-state index is 0.00598. The van der Waals surface area contributed by atoms with Crippen LogP contribution in [0.1, 0.15) is 12.5 Å². The van der Waals surface area contributed by atoms with Crippen molar-refractivity contribution in [3.63, 3.8) is 0 Å². The van der Waals surface area contributed by atoms with Gasteiger partial charge in [-0.2, -0.15) is 0 Å². The van der Waals surface area contributed by atoms with E-state index in [-0.39, 0.29) is 17.8 Å². The molecular formula is C14H19FN2O2. The molecule has 1 heterocycles. The fourth-order valence-corrected chi connectivity index (χ4v) is 2.15. The molecule has 1 aromatic rings. The Balaban J connectivity index is 2.00. The first-order valence-electron chi connectivity index (χ1n) is 6.55. The molecule has 1 fully saturated rings. The predicted octanol–water partition coefficient (Wildman–Crippen LogP) is 1.16. The molecule has 1 amide bonds. The zero-order valence-electron chi connectivity index (χ0n) is 11.1. The number of hydrogen-bond acceptors (Lipinski definition) is 3. The SMILES string of the molecule is CCN(Cc1cccc(F)c1)C(=O)C1COCCN1. The average Bonchev–Trinajstić information content (AvgIpc) is 2.45. The monoisotopic (exact) mass is 266 g/mol. The summed E-state index contributed by atoms with van der Waals surface area (Å²) < 4.78 is 18.4. The van der Waals surface area contributed by atoms with E-state index in [4.69, 9.17) is 4.74 Å². The van der Waals surface area contributed by atoms with Gasteiger partial charge in [-0.15, -0.1) is 0 Å². The van der Waals surface area contributed by atoms with Crippen LogP contribution < -0.4 is 5.32 Å². The molecule has 0 radical (unpaired) electrons. The summed E-state index contributed by atoms with van der Waals surface area (Å²) in [5.74, 6) is -0.272. The van der Waals surface area contributed by atoms with Crippen molar-refractivity contribution in [3.05, 3.63) is 35.6 Å². The molecule has 1 saturated heterocycles. The third-order valence-electron chi connectivity index (χ3n) is 3.18. The quantitative estimate of drug-likeness (QED) is 0.889. The number of likely N-dealkylation sites (N-methyl/N-ethyl adjacent to an activating group) is 1. The summed E-state index contributed by atoms with van der Waals surface area (Å²) >= 11 is 0. The molecule has 1 aromatic carbocycles. The molecule has 1 unspecified atom stereocenters. The Kier molecular flexibility index (Phi) is 4.87. The molecule has 19 heavy (non-hydrogen) atoms. The van der Waals surface area contributed by atoms with Crippen LogP contribution in [0.3, 0.4) is 0 Å². The number of hydrogen-bond donors (Lipinski definition) is 1. The zero-order chi connectivity index (χ0) is 13.7. The summed E-state index contributed by atoms with van der Waals surface area (Å²) in [5, 5.41) is 3.14. The van der Waals surface area contributed by atoms with Gasteiger partial charge in [-0.3, -0.25) is 4.79 Å². The molecule has 1 N–H and O–H groups in total. The number of amides is 1. The fourth-order valence-electron chi connectivity index (χ4n) is 2.15. The highest BCUT2D eigenvalue weighted by Gasteiger charge is 2.25. The van der Waals surface area contributed by atoms with E-state index in [2.05, 4.69) is 5.32 Å². The van der Waals surface area contributed by atoms with Gasteiger partial charge < -0.3 is 15.0 Å². The standard InChI is InChI=1S/C14H19FN2O2/c1-2-17(9-11-4-3-5-12(15)8-11)14(18)13-10-19-7-6-16-13/h3-5,8,13,16H,2,6-7,9-10H2,1H3. The molecule has 0 aromatic heterocycles. The van der Waals surface area contributed by atoms with Crippen molar-refractivity contribution < 1.29 is 13.9 Å². The van der Waals surface area contributed by atoms with Crippen molar-refractivity contribution in [2.24, 2.45) is 0 Å². The van der Waals surface area contributed by atoms with Gasteiger partial charge in [0.05, 0.1) is 13.2 Å². The van der Waals surface area contributed by atoms with Crippen molar-refractivity contribution in [2.45, 2.75) is 19.5 Å². The van der Waals surface area contributed by atoms with Gasteiger partial charge in [-0.1, -0.05) is 12.1 Å². The Morgan fingerprint density at radius 1 is 1.58 bits per heavy atom. The van der Waals surface area contributed by atoms with Crippen LogP contribution in [0.5, 0.6) is 0 Å². The van der Waals surface area contributed by atoms with E-state index < -0.39 is 0 Å². The van der Waals surface area contributed by atoms with Crippen molar-refractivity contribution in [3.8, 4) is 0 Å². The molecule has 0 aliphatic carbocycles. The van der Waals surface area contributed by atoms with Crippen molar-refractivity contribution in [1.29, 1.82) is 0 Å². The van der Waals surface area contributed by atoms with Gasteiger partial charge in [-0.25, -0.2) is 4.39 Å². The third kappa shape index (κ3) is 3.75. The summed E-state index contributed by atoms with van der Waals surface area (Å²) in [7, 11) is 0. The van der Waals surface area contributed by atoms with Gasteiger partial charge in [-0.05, 0) is 24.6 Å². The maximum Gasteiger partial charge on any atom is 0.242 e. The number of carbonyl (C=O) groups is 1. The van der Waals surface area contributed by atoms with E-state index >= 15 is 0 Å². The summed E-state index contributed by atoms with van der Waals surface area (Å²) in [5.41, 5.74) is 0.798. The summed E-state index contributed by atoms with van der Waals surface area (Å²) in [6, 6.07) is 6.05. The lowest BCUT2D eigenvalue weighted by molar-refractivity contribution is -0.136. The van der Waals surface area contributed by atoms with Gasteiger partial charge in [0.25, 0.3) is 0 Å². The van der Waals surface area contributed by atoms with Crippen LogP contribution in [0.25, 0.3) is 0 Å². The number of benzene rings is 1. The molecule has 1 aliphatic rings. The van der Waals surface area contributed by atoms with Gasteiger partial charge in [0.2, 0.25) is 5.91 Å². The third-order valence-corrected chi connectivity index (χ3v) is 3.18. The van der Waals surface area contributed by atoms with Crippen molar-refractivity contribution >= 4 is 5.91 Å². The molecule has 2 rings (SSSR count). The molecule has 1 atom stereocenters. The minimum Gasteiger partial charge on any atom is -0.378 e. The lowest BCUT2D eigenvalue weighted by Gasteiger charge is -2.29. The number of rotatable bonds is 4. The van der Waals surface area contributed by atoms with E-state index in [1.165, 1.54) is 12.1 Å². The molecule has 5 heteroatoms. The van der Waals surface area contributed by atoms with E-state index in [0.29, 0.717) is 32.8 Å². The maximum atomic E-state index is 13.1. The van der Waals surface area contributed by atoms with E-state index in [1.54, 1.807) is 11.0 Å². The maximum absolute atomic E-state index is 13.1. The number of nitrogens with zero attached hydrogens (tertiary/aromatic N) is 1. The minimum atomic E-state index is -0.290. The van der Waals surface area contributed by atoms with E-state index in [0.717, 1.165) is 5.56 Å².